The van der Waals surface area contributed by atoms with Gasteiger partial charge in [-0.25, -0.2) is 0 Å². The van der Waals surface area contributed by atoms with Crippen LogP contribution in [-0.2, 0) is 9.53 Å². The Balaban J connectivity index is 2.04. The van der Waals surface area contributed by atoms with Crippen molar-refractivity contribution in [1.82, 2.24) is 5.32 Å². The highest BCUT2D eigenvalue weighted by molar-refractivity contribution is 6.30. The average Bonchev–Trinajstić information content (AvgIpc) is 2.48. The fourth-order valence-corrected chi connectivity index (χ4v) is 2.60. The van der Waals surface area contributed by atoms with E-state index in [1.165, 1.54) is 0 Å². The van der Waals surface area contributed by atoms with Crippen LogP contribution in [0.2, 0.25) is 5.02 Å². The SMILES string of the molecule is C[C@@H](NC(=O)C1(CN)CCOCC1)c1ccc(Cl)cc1. The van der Waals surface area contributed by atoms with Crippen LogP contribution in [0.15, 0.2) is 24.3 Å². The van der Waals surface area contributed by atoms with Gasteiger partial charge in [-0.15, -0.1) is 0 Å². The number of benzene rings is 1. The Morgan fingerprint density at radius 3 is 2.55 bits per heavy atom. The maximum absolute atomic E-state index is 12.5. The number of ether oxygens (including phenoxy) is 1. The third-order valence-corrected chi connectivity index (χ3v) is 4.29. The first-order valence-corrected chi connectivity index (χ1v) is 7.29. The number of halogens is 1. The molecule has 4 nitrogen and oxygen atoms in total. The van der Waals surface area contributed by atoms with Crippen molar-refractivity contribution in [1.29, 1.82) is 0 Å². The quantitative estimate of drug-likeness (QED) is 0.896. The molecule has 1 fully saturated rings. The molecule has 0 radical (unpaired) electrons. The van der Waals surface area contributed by atoms with Gasteiger partial charge in [-0.3, -0.25) is 4.79 Å². The van der Waals surface area contributed by atoms with E-state index in [1.807, 2.05) is 31.2 Å². The molecule has 1 amide bonds. The molecule has 1 heterocycles. The van der Waals surface area contributed by atoms with Crippen molar-refractivity contribution < 1.29 is 9.53 Å². The molecule has 0 bridgehead atoms. The number of hydrogen-bond acceptors (Lipinski definition) is 3. The molecule has 20 heavy (non-hydrogen) atoms. The number of hydrogen-bond donors (Lipinski definition) is 2. The van der Waals surface area contributed by atoms with Gasteiger partial charge in [0.1, 0.15) is 0 Å². The van der Waals surface area contributed by atoms with Crippen molar-refractivity contribution in [3.05, 3.63) is 34.9 Å². The molecule has 0 unspecified atom stereocenters. The highest BCUT2D eigenvalue weighted by Gasteiger charge is 2.39. The minimum Gasteiger partial charge on any atom is -0.381 e. The van der Waals surface area contributed by atoms with Crippen LogP contribution in [0.3, 0.4) is 0 Å². The molecule has 1 aliphatic heterocycles. The number of carbonyl (C=O) groups is 1. The molecular formula is C15H21ClN2O2. The first-order valence-electron chi connectivity index (χ1n) is 6.92. The standard InChI is InChI=1S/C15H21ClN2O2/c1-11(12-2-4-13(16)5-3-12)18-14(19)15(10-17)6-8-20-9-7-15/h2-5,11H,6-10,17H2,1H3,(H,18,19)/t11-/m1/s1. The third kappa shape index (κ3) is 3.32. The van der Waals surface area contributed by atoms with Gasteiger partial charge >= 0.3 is 0 Å². The van der Waals surface area contributed by atoms with Crippen molar-refractivity contribution in [3.8, 4) is 0 Å². The summed E-state index contributed by atoms with van der Waals surface area (Å²) in [4.78, 5) is 12.5. The van der Waals surface area contributed by atoms with Gasteiger partial charge in [0, 0.05) is 24.8 Å². The molecule has 110 valence electrons. The van der Waals surface area contributed by atoms with Gasteiger partial charge in [-0.2, -0.15) is 0 Å². The molecule has 1 saturated heterocycles. The van der Waals surface area contributed by atoms with E-state index in [4.69, 9.17) is 22.1 Å². The largest absolute Gasteiger partial charge is 0.381 e. The van der Waals surface area contributed by atoms with E-state index in [0.29, 0.717) is 37.6 Å². The molecule has 1 atom stereocenters. The Morgan fingerprint density at radius 1 is 1.40 bits per heavy atom. The predicted octanol–water partition coefficient (Wildman–Crippen LogP) is 2.27. The summed E-state index contributed by atoms with van der Waals surface area (Å²) >= 11 is 5.87. The zero-order valence-corrected chi connectivity index (χ0v) is 12.5. The molecule has 2 rings (SSSR count). The maximum Gasteiger partial charge on any atom is 0.228 e. The van der Waals surface area contributed by atoms with Gasteiger partial charge in [0.25, 0.3) is 0 Å². The minimum atomic E-state index is -0.487. The van der Waals surface area contributed by atoms with Crippen LogP contribution in [0.1, 0.15) is 31.4 Å². The molecule has 5 heteroatoms. The average molecular weight is 297 g/mol. The van der Waals surface area contributed by atoms with Crippen LogP contribution in [0, 0.1) is 5.41 Å². The van der Waals surface area contributed by atoms with Crippen molar-refractivity contribution >= 4 is 17.5 Å². The molecule has 0 saturated carbocycles. The summed E-state index contributed by atoms with van der Waals surface area (Å²) in [5, 5.41) is 3.75. The second-order valence-electron chi connectivity index (χ2n) is 5.34. The molecule has 1 aliphatic rings. The molecule has 0 spiro atoms. The Labute approximate surface area is 124 Å². The monoisotopic (exact) mass is 296 g/mol. The topological polar surface area (TPSA) is 64.4 Å². The summed E-state index contributed by atoms with van der Waals surface area (Å²) in [5.41, 5.74) is 6.38. The van der Waals surface area contributed by atoms with Crippen LogP contribution in [0.5, 0.6) is 0 Å². The van der Waals surface area contributed by atoms with Gasteiger partial charge in [0.05, 0.1) is 11.5 Å². The number of nitrogens with one attached hydrogen (secondary N) is 1. The second-order valence-corrected chi connectivity index (χ2v) is 5.78. The lowest BCUT2D eigenvalue weighted by Gasteiger charge is -2.35. The summed E-state index contributed by atoms with van der Waals surface area (Å²) in [6.45, 7) is 3.51. The van der Waals surface area contributed by atoms with E-state index >= 15 is 0 Å². The molecular weight excluding hydrogens is 276 g/mol. The second kappa shape index (κ2) is 6.57. The summed E-state index contributed by atoms with van der Waals surface area (Å²) in [6, 6.07) is 7.43. The first-order chi connectivity index (χ1) is 9.57. The summed E-state index contributed by atoms with van der Waals surface area (Å²) < 4.78 is 5.33. The van der Waals surface area contributed by atoms with Crippen molar-refractivity contribution in [2.24, 2.45) is 11.1 Å². The van der Waals surface area contributed by atoms with Gasteiger partial charge in [-0.05, 0) is 37.5 Å². The smallest absolute Gasteiger partial charge is 0.228 e. The molecule has 3 N–H and O–H groups in total. The van der Waals surface area contributed by atoms with Crippen LogP contribution in [-0.4, -0.2) is 25.7 Å². The van der Waals surface area contributed by atoms with E-state index in [2.05, 4.69) is 5.32 Å². The van der Waals surface area contributed by atoms with Gasteiger partial charge < -0.3 is 15.8 Å². The fourth-order valence-electron chi connectivity index (χ4n) is 2.47. The van der Waals surface area contributed by atoms with E-state index in [1.54, 1.807) is 0 Å². The van der Waals surface area contributed by atoms with Gasteiger partial charge in [0.15, 0.2) is 0 Å². The van der Waals surface area contributed by atoms with Crippen molar-refractivity contribution in [3.63, 3.8) is 0 Å². The lowest BCUT2D eigenvalue weighted by atomic mass is 9.79. The van der Waals surface area contributed by atoms with Crippen LogP contribution in [0.25, 0.3) is 0 Å². The Morgan fingerprint density at radius 2 is 2.00 bits per heavy atom. The van der Waals surface area contributed by atoms with Crippen LogP contribution < -0.4 is 11.1 Å². The van der Waals surface area contributed by atoms with Gasteiger partial charge in [0.2, 0.25) is 5.91 Å². The Bertz CT molecular complexity index is 455. The number of rotatable bonds is 4. The predicted molar refractivity (Wildman–Crippen MR) is 79.6 cm³/mol. The van der Waals surface area contributed by atoms with E-state index in [9.17, 15) is 4.79 Å². The van der Waals surface area contributed by atoms with Gasteiger partial charge in [-0.1, -0.05) is 23.7 Å². The molecule has 0 aliphatic carbocycles. The molecule has 0 aromatic heterocycles. The number of carbonyl (C=O) groups excluding carboxylic acids is 1. The zero-order chi connectivity index (χ0) is 14.6. The van der Waals surface area contributed by atoms with E-state index in [-0.39, 0.29) is 11.9 Å². The molecule has 1 aromatic carbocycles. The Hall–Kier alpha value is -1.10. The fraction of sp³-hybridized carbons (Fsp3) is 0.533. The lowest BCUT2D eigenvalue weighted by Crippen LogP contribution is -2.49. The van der Waals surface area contributed by atoms with E-state index < -0.39 is 5.41 Å². The van der Waals surface area contributed by atoms with Crippen LogP contribution in [0.4, 0.5) is 0 Å². The lowest BCUT2D eigenvalue weighted by molar-refractivity contribution is -0.136. The maximum atomic E-state index is 12.5. The van der Waals surface area contributed by atoms with Crippen molar-refractivity contribution in [2.75, 3.05) is 19.8 Å². The van der Waals surface area contributed by atoms with Crippen molar-refractivity contribution in [2.45, 2.75) is 25.8 Å². The minimum absolute atomic E-state index is 0.0192. The summed E-state index contributed by atoms with van der Waals surface area (Å²) in [7, 11) is 0. The normalized spacial score (nSPS) is 19.4. The van der Waals surface area contributed by atoms with Crippen LogP contribution >= 0.6 is 11.6 Å². The molecule has 1 aromatic rings. The number of nitrogens with two attached hydrogens (primary N) is 1. The third-order valence-electron chi connectivity index (χ3n) is 4.04. The highest BCUT2D eigenvalue weighted by atomic mass is 35.5. The zero-order valence-electron chi connectivity index (χ0n) is 11.7. The Kier molecular flexibility index (Phi) is 5.02. The highest BCUT2D eigenvalue weighted by Crippen LogP contribution is 2.30. The summed E-state index contributed by atoms with van der Waals surface area (Å²) in [5.74, 6) is 0.0192. The van der Waals surface area contributed by atoms with E-state index in [0.717, 1.165) is 5.56 Å². The first kappa shape index (κ1) is 15.3. The summed E-state index contributed by atoms with van der Waals surface area (Å²) in [6.07, 6.45) is 1.37. The number of amides is 1.